The summed E-state index contributed by atoms with van der Waals surface area (Å²) < 4.78 is 9.94. The van der Waals surface area contributed by atoms with Crippen molar-refractivity contribution in [2.45, 2.75) is 69.9 Å². The van der Waals surface area contributed by atoms with Gasteiger partial charge in [0.05, 0.1) is 13.2 Å². The van der Waals surface area contributed by atoms with Crippen molar-refractivity contribution in [1.29, 1.82) is 0 Å². The Morgan fingerprint density at radius 2 is 1.97 bits per heavy atom. The van der Waals surface area contributed by atoms with E-state index in [0.29, 0.717) is 25.7 Å². The first-order valence-corrected chi connectivity index (χ1v) is 10.6. The highest BCUT2D eigenvalue weighted by Gasteiger charge is 2.72. The van der Waals surface area contributed by atoms with Gasteiger partial charge in [0, 0.05) is 23.7 Å². The summed E-state index contributed by atoms with van der Waals surface area (Å²) in [5.74, 6) is 0.665. The summed E-state index contributed by atoms with van der Waals surface area (Å²) in [6.07, 6.45) is 6.86. The first-order valence-electron chi connectivity index (χ1n) is 10.6. The van der Waals surface area contributed by atoms with E-state index in [0.717, 1.165) is 12.0 Å². The summed E-state index contributed by atoms with van der Waals surface area (Å²) in [7, 11) is 1.27. The van der Waals surface area contributed by atoms with Crippen LogP contribution in [0.4, 0.5) is 4.79 Å². The van der Waals surface area contributed by atoms with Crippen molar-refractivity contribution in [2.75, 3.05) is 7.11 Å². The number of ether oxygens (including phenoxy) is 2. The van der Waals surface area contributed by atoms with Crippen molar-refractivity contribution in [1.82, 2.24) is 0 Å². The Labute approximate surface area is 176 Å². The van der Waals surface area contributed by atoms with Gasteiger partial charge in [0.2, 0.25) is 0 Å². The highest BCUT2D eigenvalue weighted by Crippen LogP contribution is 2.66. The molecule has 0 radical (unpaired) electrons. The number of carbonyl (C=O) groups is 2. The van der Waals surface area contributed by atoms with E-state index in [-0.39, 0.29) is 17.4 Å². The molecule has 9 atom stereocenters. The number of terminal acetylenes is 1. The van der Waals surface area contributed by atoms with E-state index >= 15 is 0 Å². The fraction of sp³-hybridized carbons (Fsp3) is 0.739. The van der Waals surface area contributed by atoms with Crippen LogP contribution in [0, 0.1) is 40.9 Å². The van der Waals surface area contributed by atoms with E-state index < -0.39 is 47.0 Å². The van der Waals surface area contributed by atoms with Crippen LogP contribution in [0.25, 0.3) is 0 Å². The second-order valence-electron chi connectivity index (χ2n) is 9.87. The van der Waals surface area contributed by atoms with Gasteiger partial charge in [-0.15, -0.1) is 6.42 Å². The summed E-state index contributed by atoms with van der Waals surface area (Å²) in [4.78, 5) is 24.6. The number of carbonyl (C=O) groups excluding carboxylic acids is 2. The molecule has 0 aromatic rings. The molecule has 0 amide bonds. The average molecular weight is 418 g/mol. The Morgan fingerprint density at radius 1 is 1.27 bits per heavy atom. The minimum atomic E-state index is -1.93. The first kappa shape index (κ1) is 21.4. The third-order valence-corrected chi connectivity index (χ3v) is 8.75. The van der Waals surface area contributed by atoms with Gasteiger partial charge in [0.1, 0.15) is 6.10 Å². The Balaban J connectivity index is 1.70. The van der Waals surface area contributed by atoms with Gasteiger partial charge in [-0.2, -0.15) is 0 Å². The Bertz CT molecular complexity index is 843. The summed E-state index contributed by atoms with van der Waals surface area (Å²) in [6.45, 7) is 3.90. The fourth-order valence-electron chi connectivity index (χ4n) is 6.99. The largest absolute Gasteiger partial charge is 0.508 e. The molecule has 0 spiro atoms. The number of rotatable bonds is 1. The molecule has 0 saturated heterocycles. The minimum absolute atomic E-state index is 0.000858. The van der Waals surface area contributed by atoms with E-state index in [4.69, 9.17) is 11.2 Å². The molecule has 0 aromatic heterocycles. The Morgan fingerprint density at radius 3 is 2.60 bits per heavy atom. The number of aliphatic hydroxyl groups excluding tert-OH is 2. The first-order chi connectivity index (χ1) is 14.0. The van der Waals surface area contributed by atoms with Crippen molar-refractivity contribution in [3.63, 3.8) is 0 Å². The third-order valence-electron chi connectivity index (χ3n) is 8.75. The zero-order valence-corrected chi connectivity index (χ0v) is 17.6. The molecule has 30 heavy (non-hydrogen) atoms. The van der Waals surface area contributed by atoms with Crippen LogP contribution in [0.3, 0.4) is 0 Å². The number of ketones is 1. The molecule has 0 bridgehead atoms. The number of methoxy groups -OCH3 is 1. The lowest BCUT2D eigenvalue weighted by atomic mass is 9.46. The molecule has 4 aliphatic carbocycles. The van der Waals surface area contributed by atoms with E-state index in [1.165, 1.54) is 7.11 Å². The smallest absolute Gasteiger partial charge is 0.438 e. The van der Waals surface area contributed by atoms with Crippen molar-refractivity contribution < 1.29 is 34.4 Å². The summed E-state index contributed by atoms with van der Waals surface area (Å²) >= 11 is 0. The zero-order chi connectivity index (χ0) is 22.1. The predicted octanol–water partition coefficient (Wildman–Crippen LogP) is 1.59. The summed E-state index contributed by atoms with van der Waals surface area (Å²) in [5, 5.41) is 32.7. The predicted molar refractivity (Wildman–Crippen MR) is 106 cm³/mol. The monoisotopic (exact) mass is 418 g/mol. The highest BCUT2D eigenvalue weighted by molar-refractivity contribution is 5.92. The molecule has 3 N–H and O–H groups in total. The Kier molecular flexibility index (Phi) is 4.85. The van der Waals surface area contributed by atoms with E-state index in [1.54, 1.807) is 13.0 Å². The topological polar surface area (TPSA) is 113 Å². The summed E-state index contributed by atoms with van der Waals surface area (Å²) in [6, 6.07) is 0. The van der Waals surface area contributed by atoms with Crippen LogP contribution in [-0.4, -0.2) is 58.3 Å². The highest BCUT2D eigenvalue weighted by atomic mass is 16.7. The quantitative estimate of drug-likeness (QED) is 0.337. The normalized spacial score (nSPS) is 49.8. The van der Waals surface area contributed by atoms with Crippen molar-refractivity contribution >= 4 is 11.9 Å². The van der Waals surface area contributed by atoms with Crippen LogP contribution in [0.1, 0.15) is 46.0 Å². The van der Waals surface area contributed by atoms with E-state index in [1.807, 2.05) is 0 Å². The lowest BCUT2D eigenvalue weighted by molar-refractivity contribution is -0.143. The molecular formula is C23H30O7. The van der Waals surface area contributed by atoms with Crippen LogP contribution < -0.4 is 0 Å². The van der Waals surface area contributed by atoms with Gasteiger partial charge in [0.15, 0.2) is 17.5 Å². The number of hydrogen-bond acceptors (Lipinski definition) is 7. The molecule has 0 heterocycles. The van der Waals surface area contributed by atoms with Gasteiger partial charge in [0.25, 0.3) is 0 Å². The molecular weight excluding hydrogens is 388 g/mol. The molecule has 7 nitrogen and oxygen atoms in total. The zero-order valence-electron chi connectivity index (χ0n) is 17.6. The van der Waals surface area contributed by atoms with Crippen molar-refractivity contribution in [3.8, 4) is 12.3 Å². The van der Waals surface area contributed by atoms with Gasteiger partial charge in [-0.05, 0) is 37.0 Å². The molecule has 4 rings (SSSR count). The molecule has 4 unspecified atom stereocenters. The third kappa shape index (κ3) is 2.57. The van der Waals surface area contributed by atoms with Crippen molar-refractivity contribution in [3.05, 3.63) is 11.6 Å². The number of hydrogen-bond donors (Lipinski definition) is 3. The Hall–Kier alpha value is -1.88. The van der Waals surface area contributed by atoms with Crippen LogP contribution in [0.2, 0.25) is 0 Å². The molecule has 0 aromatic carbocycles. The second-order valence-corrected chi connectivity index (χ2v) is 9.87. The van der Waals surface area contributed by atoms with Crippen LogP contribution >= 0.6 is 0 Å². The van der Waals surface area contributed by atoms with Crippen LogP contribution in [0.5, 0.6) is 0 Å². The molecule has 164 valence electrons. The van der Waals surface area contributed by atoms with Crippen LogP contribution in [-0.2, 0) is 14.3 Å². The molecule has 0 aliphatic heterocycles. The number of fused-ring (bicyclic) bond motifs is 5. The van der Waals surface area contributed by atoms with E-state index in [9.17, 15) is 24.9 Å². The van der Waals surface area contributed by atoms with Crippen molar-refractivity contribution in [2.24, 2.45) is 28.6 Å². The molecule has 3 saturated carbocycles. The van der Waals surface area contributed by atoms with Gasteiger partial charge >= 0.3 is 6.16 Å². The van der Waals surface area contributed by atoms with Crippen LogP contribution in [0.15, 0.2) is 11.6 Å². The van der Waals surface area contributed by atoms with Gasteiger partial charge in [-0.1, -0.05) is 31.4 Å². The lowest BCUT2D eigenvalue weighted by Gasteiger charge is -2.58. The van der Waals surface area contributed by atoms with Gasteiger partial charge in [-0.25, -0.2) is 4.79 Å². The molecule has 4 aliphatic rings. The van der Waals surface area contributed by atoms with E-state index in [2.05, 4.69) is 17.6 Å². The maximum Gasteiger partial charge on any atom is 0.508 e. The maximum absolute atomic E-state index is 13.1. The molecule has 7 heteroatoms. The second kappa shape index (κ2) is 6.81. The lowest BCUT2D eigenvalue weighted by Crippen LogP contribution is -2.58. The van der Waals surface area contributed by atoms with Gasteiger partial charge in [-0.3, -0.25) is 4.79 Å². The SMILES string of the molecule is C#C[C@]1(O)C(O)C(=O)C2C3C(CC[C@@]21C)[C@@]1(C)CC[C@H](OC(=O)OC)CC1=C[C@@H]3O. The maximum atomic E-state index is 13.1. The molecule has 3 fully saturated rings. The summed E-state index contributed by atoms with van der Waals surface area (Å²) in [5.41, 5.74) is -2.16. The van der Waals surface area contributed by atoms with Gasteiger partial charge < -0.3 is 24.8 Å². The standard InChI is InChI=1S/C23H30O7/c1-5-23(28)19(26)18(25)17-16-14(7-9-22(17,23)3)21(2)8-6-13(30-20(27)29-4)10-12(21)11-15(16)24/h1,11,13-17,19,24,26,28H,6-10H2,2-4H3/t13-,14?,15-,16?,17?,19?,21-,22-,23-/m0/s1. The minimum Gasteiger partial charge on any atom is -0.438 e. The fourth-order valence-corrected chi connectivity index (χ4v) is 6.99. The number of aliphatic hydroxyl groups is 3. The average Bonchev–Trinajstić information content (AvgIpc) is 2.87. The number of Topliss-reactive ketones (excluding diaryl/α,β-unsaturated/α-hetero) is 1.